The Morgan fingerprint density at radius 1 is 1.42 bits per heavy atom. The topological polar surface area (TPSA) is 106 Å². The van der Waals surface area contributed by atoms with Crippen LogP contribution in [0.1, 0.15) is 30.4 Å². The predicted molar refractivity (Wildman–Crippen MR) is 64.6 cm³/mol. The third-order valence-corrected chi connectivity index (χ3v) is 3.81. The maximum Gasteiger partial charge on any atom is 0.274 e. The number of hydrogen-bond donors (Lipinski definition) is 2. The van der Waals surface area contributed by atoms with Gasteiger partial charge in [0.05, 0.1) is 12.2 Å². The summed E-state index contributed by atoms with van der Waals surface area (Å²) in [6, 6.07) is 2.05. The second-order valence-corrected chi connectivity index (χ2v) is 5.68. The fourth-order valence-electron chi connectivity index (χ4n) is 1.50. The molecule has 0 aromatic carbocycles. The van der Waals surface area contributed by atoms with Gasteiger partial charge in [-0.15, -0.1) is 0 Å². The molecule has 2 N–H and O–H groups in total. The SMILES string of the molecule is Cc1cnc(C(C)NS(=O)(=O)c2ccc(CO)o2)o1. The first kappa shape index (κ1) is 13.8. The molecule has 2 aromatic rings. The van der Waals surface area contributed by atoms with Crippen LogP contribution < -0.4 is 4.72 Å². The van der Waals surface area contributed by atoms with Crippen molar-refractivity contribution >= 4 is 10.0 Å². The number of sulfonamides is 1. The van der Waals surface area contributed by atoms with Crippen LogP contribution in [0.3, 0.4) is 0 Å². The molecule has 104 valence electrons. The molecule has 0 aliphatic rings. The molecule has 7 nitrogen and oxygen atoms in total. The molecular formula is C11H14N2O5S. The first-order chi connectivity index (χ1) is 8.92. The molecule has 19 heavy (non-hydrogen) atoms. The zero-order valence-electron chi connectivity index (χ0n) is 10.5. The molecule has 0 aliphatic heterocycles. The number of aliphatic hydroxyl groups excluding tert-OH is 1. The van der Waals surface area contributed by atoms with E-state index in [0.29, 0.717) is 5.76 Å². The molecule has 2 rings (SSSR count). The minimum absolute atomic E-state index is 0.181. The molecule has 2 aromatic heterocycles. The lowest BCUT2D eigenvalue weighted by Crippen LogP contribution is -2.26. The maximum atomic E-state index is 12.0. The summed E-state index contributed by atoms with van der Waals surface area (Å²) in [7, 11) is -3.82. The number of hydrogen-bond acceptors (Lipinski definition) is 6. The molecule has 0 amide bonds. The summed E-state index contributed by atoms with van der Waals surface area (Å²) in [5.41, 5.74) is 0. The Labute approximate surface area is 110 Å². The largest absolute Gasteiger partial charge is 0.446 e. The van der Waals surface area contributed by atoms with E-state index in [1.807, 2.05) is 0 Å². The van der Waals surface area contributed by atoms with Crippen LogP contribution in [0.2, 0.25) is 0 Å². The van der Waals surface area contributed by atoms with Crippen molar-refractivity contribution in [2.75, 3.05) is 0 Å². The monoisotopic (exact) mass is 286 g/mol. The van der Waals surface area contributed by atoms with E-state index in [-0.39, 0.29) is 23.4 Å². The Morgan fingerprint density at radius 3 is 2.68 bits per heavy atom. The van der Waals surface area contributed by atoms with Gasteiger partial charge in [-0.1, -0.05) is 0 Å². The zero-order valence-corrected chi connectivity index (χ0v) is 11.3. The fourth-order valence-corrected chi connectivity index (χ4v) is 2.65. The number of aromatic nitrogens is 1. The van der Waals surface area contributed by atoms with Gasteiger partial charge in [0.1, 0.15) is 18.1 Å². The third-order valence-electron chi connectivity index (χ3n) is 2.40. The highest BCUT2D eigenvalue weighted by molar-refractivity contribution is 7.89. The predicted octanol–water partition coefficient (Wildman–Crippen LogP) is 1.11. The number of rotatable bonds is 5. The summed E-state index contributed by atoms with van der Waals surface area (Å²) in [6.45, 7) is 2.97. The molecule has 0 saturated heterocycles. The van der Waals surface area contributed by atoms with E-state index in [2.05, 4.69) is 9.71 Å². The van der Waals surface area contributed by atoms with E-state index in [4.69, 9.17) is 13.9 Å². The normalized spacial score (nSPS) is 13.6. The van der Waals surface area contributed by atoms with Crippen LogP contribution in [0.25, 0.3) is 0 Å². The number of furan rings is 1. The fraction of sp³-hybridized carbons (Fsp3) is 0.364. The molecule has 0 radical (unpaired) electrons. The minimum atomic E-state index is -3.82. The Kier molecular flexibility index (Phi) is 3.74. The number of nitrogens with one attached hydrogen (secondary N) is 1. The lowest BCUT2D eigenvalue weighted by Gasteiger charge is -2.09. The summed E-state index contributed by atoms with van der Waals surface area (Å²) >= 11 is 0. The maximum absolute atomic E-state index is 12.0. The molecule has 2 heterocycles. The average Bonchev–Trinajstić information content (AvgIpc) is 2.96. The Bertz CT molecular complexity index is 658. The minimum Gasteiger partial charge on any atom is -0.446 e. The highest BCUT2D eigenvalue weighted by atomic mass is 32.2. The van der Waals surface area contributed by atoms with Crippen molar-refractivity contribution in [1.29, 1.82) is 0 Å². The molecule has 8 heteroatoms. The lowest BCUT2D eigenvalue weighted by molar-refractivity contribution is 0.236. The van der Waals surface area contributed by atoms with Gasteiger partial charge in [0.25, 0.3) is 10.0 Å². The van der Waals surface area contributed by atoms with Crippen molar-refractivity contribution in [1.82, 2.24) is 9.71 Å². The van der Waals surface area contributed by atoms with Crippen LogP contribution >= 0.6 is 0 Å². The van der Waals surface area contributed by atoms with Gasteiger partial charge in [-0.2, -0.15) is 4.72 Å². The summed E-state index contributed by atoms with van der Waals surface area (Å²) in [5, 5.41) is 8.59. The second kappa shape index (κ2) is 5.16. The van der Waals surface area contributed by atoms with Crippen molar-refractivity contribution in [3.05, 3.63) is 35.7 Å². The molecule has 1 unspecified atom stereocenters. The number of nitrogens with zero attached hydrogens (tertiary/aromatic N) is 1. The van der Waals surface area contributed by atoms with Crippen LogP contribution in [0.4, 0.5) is 0 Å². The smallest absolute Gasteiger partial charge is 0.274 e. The van der Waals surface area contributed by atoms with Crippen LogP contribution in [0.5, 0.6) is 0 Å². The molecule has 0 saturated carbocycles. The van der Waals surface area contributed by atoms with E-state index in [1.165, 1.54) is 18.3 Å². The summed E-state index contributed by atoms with van der Waals surface area (Å²) in [6.07, 6.45) is 1.51. The number of aliphatic hydroxyl groups is 1. The van der Waals surface area contributed by atoms with Crippen molar-refractivity contribution in [2.24, 2.45) is 0 Å². The van der Waals surface area contributed by atoms with Crippen LogP contribution in [-0.2, 0) is 16.6 Å². The first-order valence-electron chi connectivity index (χ1n) is 5.56. The van der Waals surface area contributed by atoms with E-state index in [9.17, 15) is 8.42 Å². The van der Waals surface area contributed by atoms with Crippen molar-refractivity contribution < 1.29 is 22.4 Å². The zero-order chi connectivity index (χ0) is 14.0. The molecule has 0 aliphatic carbocycles. The quantitative estimate of drug-likeness (QED) is 0.852. The highest BCUT2D eigenvalue weighted by Crippen LogP contribution is 2.18. The van der Waals surface area contributed by atoms with E-state index in [1.54, 1.807) is 13.8 Å². The van der Waals surface area contributed by atoms with E-state index >= 15 is 0 Å². The highest BCUT2D eigenvalue weighted by Gasteiger charge is 2.24. The van der Waals surface area contributed by atoms with E-state index in [0.717, 1.165) is 0 Å². The van der Waals surface area contributed by atoms with E-state index < -0.39 is 16.1 Å². The molecule has 0 fully saturated rings. The van der Waals surface area contributed by atoms with Crippen LogP contribution in [0.15, 0.2) is 32.3 Å². The van der Waals surface area contributed by atoms with Gasteiger partial charge in [-0.3, -0.25) is 0 Å². The van der Waals surface area contributed by atoms with Gasteiger partial charge in [0.15, 0.2) is 0 Å². The van der Waals surface area contributed by atoms with Crippen molar-refractivity contribution in [2.45, 2.75) is 31.6 Å². The van der Waals surface area contributed by atoms with Gasteiger partial charge >= 0.3 is 0 Å². The Balaban J connectivity index is 2.17. The van der Waals surface area contributed by atoms with Gasteiger partial charge < -0.3 is 13.9 Å². The lowest BCUT2D eigenvalue weighted by atomic mass is 10.4. The molecule has 1 atom stereocenters. The van der Waals surface area contributed by atoms with Crippen LogP contribution in [0, 0.1) is 6.92 Å². The Morgan fingerprint density at radius 2 is 2.16 bits per heavy atom. The van der Waals surface area contributed by atoms with Gasteiger partial charge in [-0.25, -0.2) is 13.4 Å². The summed E-state index contributed by atoms with van der Waals surface area (Å²) in [4.78, 5) is 3.95. The van der Waals surface area contributed by atoms with Gasteiger partial charge in [0, 0.05) is 0 Å². The third kappa shape index (κ3) is 3.03. The summed E-state index contributed by atoms with van der Waals surface area (Å²) in [5.74, 6) is 1.05. The standard InChI is InChI=1S/C11H14N2O5S/c1-7-5-12-11(17-7)8(2)13-19(15,16)10-4-3-9(6-14)18-10/h3-5,8,13-14H,6H2,1-2H3. The molecule has 0 spiro atoms. The second-order valence-electron chi connectivity index (χ2n) is 4.03. The van der Waals surface area contributed by atoms with Crippen molar-refractivity contribution in [3.63, 3.8) is 0 Å². The van der Waals surface area contributed by atoms with Crippen LogP contribution in [-0.4, -0.2) is 18.5 Å². The average molecular weight is 286 g/mol. The van der Waals surface area contributed by atoms with Gasteiger partial charge in [0.2, 0.25) is 11.0 Å². The van der Waals surface area contributed by atoms with Crippen molar-refractivity contribution in [3.8, 4) is 0 Å². The first-order valence-corrected chi connectivity index (χ1v) is 7.05. The number of oxazole rings is 1. The summed E-state index contributed by atoms with van der Waals surface area (Å²) < 4.78 is 36.6. The van der Waals surface area contributed by atoms with Gasteiger partial charge in [-0.05, 0) is 26.0 Å². The molecular weight excluding hydrogens is 272 g/mol. The number of aryl methyl sites for hydroxylation is 1. The molecule has 0 bridgehead atoms. The Hall–Kier alpha value is -1.64.